The molecule has 36 heavy (non-hydrogen) atoms. The maximum absolute atomic E-state index is 13.6. The first kappa shape index (κ1) is 22.8. The van der Waals surface area contributed by atoms with Crippen LogP contribution in [0.2, 0.25) is 0 Å². The fraction of sp³-hybridized carbons (Fsp3) is 0.214. The average molecular weight is 500 g/mol. The van der Waals surface area contributed by atoms with E-state index in [0.29, 0.717) is 30.8 Å². The van der Waals surface area contributed by atoms with Gasteiger partial charge in [-0.15, -0.1) is 0 Å². The van der Waals surface area contributed by atoms with Gasteiger partial charge >= 0.3 is 0 Å². The van der Waals surface area contributed by atoms with Gasteiger partial charge in [0.1, 0.15) is 5.82 Å². The number of fused-ring (bicyclic) bond motifs is 2. The van der Waals surface area contributed by atoms with Crippen LogP contribution < -0.4 is 0 Å². The first-order valence-electron chi connectivity index (χ1n) is 11.8. The van der Waals surface area contributed by atoms with Crippen molar-refractivity contribution in [3.05, 3.63) is 113 Å². The first-order valence-corrected chi connectivity index (χ1v) is 13.2. The van der Waals surface area contributed by atoms with E-state index in [9.17, 15) is 12.8 Å². The third-order valence-electron chi connectivity index (χ3n) is 7.23. The molecule has 1 saturated heterocycles. The van der Waals surface area contributed by atoms with Crippen LogP contribution in [0.5, 0.6) is 0 Å². The zero-order valence-electron chi connectivity index (χ0n) is 19.7. The van der Waals surface area contributed by atoms with Crippen molar-refractivity contribution >= 4 is 16.1 Å². The van der Waals surface area contributed by atoms with Gasteiger partial charge in [-0.25, -0.2) is 17.5 Å². The lowest BCUT2D eigenvalue weighted by Crippen LogP contribution is -2.51. The Morgan fingerprint density at radius 1 is 1.06 bits per heavy atom. The predicted octanol–water partition coefficient (Wildman–Crippen LogP) is 4.49. The Bertz CT molecular complexity index is 1560. The summed E-state index contributed by atoms with van der Waals surface area (Å²) in [6.07, 6.45) is 9.89. The molecule has 1 radical (unpaired) electrons. The molecule has 0 bridgehead atoms. The monoisotopic (exact) mass is 499 g/mol. The quantitative estimate of drug-likeness (QED) is 0.415. The molecule has 6 rings (SSSR count). The second-order valence-electron chi connectivity index (χ2n) is 9.44. The molecular formula is C28H24FN4O2S. The van der Waals surface area contributed by atoms with Gasteiger partial charge in [0.15, 0.2) is 0 Å². The highest BCUT2D eigenvalue weighted by molar-refractivity contribution is 7.89. The van der Waals surface area contributed by atoms with Crippen LogP contribution in [-0.2, 0) is 21.9 Å². The summed E-state index contributed by atoms with van der Waals surface area (Å²) < 4.78 is 44.2. The minimum atomic E-state index is -3.68. The van der Waals surface area contributed by atoms with Gasteiger partial charge in [-0.2, -0.15) is 9.40 Å². The Hall–Kier alpha value is -3.62. The topological polar surface area (TPSA) is 68.1 Å². The smallest absolute Gasteiger partial charge is 0.243 e. The van der Waals surface area contributed by atoms with E-state index in [-0.39, 0.29) is 5.82 Å². The molecule has 6 nitrogen and oxygen atoms in total. The van der Waals surface area contributed by atoms with Crippen molar-refractivity contribution in [2.75, 3.05) is 13.1 Å². The van der Waals surface area contributed by atoms with E-state index >= 15 is 0 Å². The molecule has 2 aromatic heterocycles. The SMILES string of the molecule is Cc1ccc(S(=O)(=O)N2CCC3=Cc4c(cnn4-c4ccc(F)cc4)C[C@@]3(c3[c]nccc3)C2)cc1. The Kier molecular flexibility index (Phi) is 5.39. The molecule has 4 aromatic rings. The Balaban J connectivity index is 1.44. The molecule has 8 heteroatoms. The summed E-state index contributed by atoms with van der Waals surface area (Å²) in [4.78, 5) is 4.54. The molecule has 1 aliphatic heterocycles. The largest absolute Gasteiger partial charge is 0.254 e. The third-order valence-corrected chi connectivity index (χ3v) is 9.09. The average Bonchev–Trinajstić information content (AvgIpc) is 3.30. The number of halogens is 1. The minimum absolute atomic E-state index is 0.290. The van der Waals surface area contributed by atoms with Crippen molar-refractivity contribution < 1.29 is 12.8 Å². The van der Waals surface area contributed by atoms with E-state index in [1.807, 2.05) is 42.1 Å². The Labute approximate surface area is 209 Å². The van der Waals surface area contributed by atoms with Crippen LogP contribution in [0.25, 0.3) is 11.8 Å². The summed E-state index contributed by atoms with van der Waals surface area (Å²) in [5.41, 5.74) is 5.10. The van der Waals surface area contributed by atoms with Crippen molar-refractivity contribution in [3.8, 4) is 5.69 Å². The number of hydrogen-bond acceptors (Lipinski definition) is 4. The van der Waals surface area contributed by atoms with E-state index in [1.165, 1.54) is 12.1 Å². The summed E-state index contributed by atoms with van der Waals surface area (Å²) >= 11 is 0. The van der Waals surface area contributed by atoms with Gasteiger partial charge in [0.25, 0.3) is 0 Å². The molecule has 1 atom stereocenters. The van der Waals surface area contributed by atoms with Crippen LogP contribution in [0.15, 0.2) is 83.5 Å². The normalized spacial score (nSPS) is 19.9. The fourth-order valence-corrected chi connectivity index (χ4v) is 6.82. The second-order valence-corrected chi connectivity index (χ2v) is 11.4. The maximum atomic E-state index is 13.6. The number of piperidine rings is 1. The molecular weight excluding hydrogens is 475 g/mol. The van der Waals surface area contributed by atoms with Crippen LogP contribution >= 0.6 is 0 Å². The van der Waals surface area contributed by atoms with Crippen molar-refractivity contribution in [2.24, 2.45) is 0 Å². The van der Waals surface area contributed by atoms with Crippen LogP contribution in [0, 0.1) is 18.9 Å². The van der Waals surface area contributed by atoms with E-state index in [0.717, 1.165) is 33.6 Å². The van der Waals surface area contributed by atoms with Crippen molar-refractivity contribution in [1.82, 2.24) is 19.1 Å². The summed E-state index contributed by atoms with van der Waals surface area (Å²) in [5, 5.41) is 4.60. The molecule has 1 fully saturated rings. The number of benzene rings is 2. The molecule has 2 aromatic carbocycles. The van der Waals surface area contributed by atoms with Crippen molar-refractivity contribution in [2.45, 2.75) is 30.1 Å². The van der Waals surface area contributed by atoms with Gasteiger partial charge in [-0.1, -0.05) is 29.3 Å². The van der Waals surface area contributed by atoms with Gasteiger partial charge in [0, 0.05) is 24.7 Å². The molecule has 181 valence electrons. The van der Waals surface area contributed by atoms with Crippen LogP contribution in [0.1, 0.15) is 28.8 Å². The standard InChI is InChI=1S/C28H24FN4O2S/c1-20-4-10-26(11-5-20)36(34,35)32-14-12-22-15-27-21(16-28(22,19-32)23-3-2-13-30-18-23)17-31-33(27)25-8-6-24(29)7-9-25/h2-11,13,15,17H,12,14,16,19H2,1H3/t28-/m1/s1. The Morgan fingerprint density at radius 3 is 2.56 bits per heavy atom. The molecule has 2 aliphatic rings. The number of aromatic nitrogens is 3. The predicted molar refractivity (Wildman–Crippen MR) is 135 cm³/mol. The van der Waals surface area contributed by atoms with Gasteiger partial charge in [-0.05, 0) is 79.4 Å². The lowest BCUT2D eigenvalue weighted by Gasteiger charge is -2.46. The number of aryl methyl sites for hydroxylation is 1. The van der Waals surface area contributed by atoms with E-state index < -0.39 is 15.4 Å². The van der Waals surface area contributed by atoms with Gasteiger partial charge in [-0.3, -0.25) is 4.98 Å². The maximum Gasteiger partial charge on any atom is 0.243 e. The molecule has 1 aliphatic carbocycles. The highest BCUT2D eigenvalue weighted by Crippen LogP contribution is 2.46. The second kappa shape index (κ2) is 8.50. The summed E-state index contributed by atoms with van der Waals surface area (Å²) in [6, 6.07) is 17.1. The van der Waals surface area contributed by atoms with E-state index in [1.54, 1.807) is 34.8 Å². The molecule has 3 heterocycles. The molecule has 0 unspecified atom stereocenters. The summed E-state index contributed by atoms with van der Waals surface area (Å²) in [6.45, 7) is 2.61. The van der Waals surface area contributed by atoms with E-state index in [2.05, 4.69) is 22.4 Å². The summed E-state index contributed by atoms with van der Waals surface area (Å²) in [7, 11) is -3.68. The minimum Gasteiger partial charge on any atom is -0.254 e. The van der Waals surface area contributed by atoms with Crippen LogP contribution in [0.3, 0.4) is 0 Å². The molecule has 0 N–H and O–H groups in total. The highest BCUT2D eigenvalue weighted by atomic mass is 32.2. The Morgan fingerprint density at radius 2 is 1.83 bits per heavy atom. The molecule has 0 spiro atoms. The lowest BCUT2D eigenvalue weighted by molar-refractivity contribution is 0.282. The fourth-order valence-electron chi connectivity index (χ4n) is 5.32. The zero-order chi connectivity index (χ0) is 24.9. The van der Waals surface area contributed by atoms with Crippen molar-refractivity contribution in [1.29, 1.82) is 0 Å². The number of hydrogen-bond donors (Lipinski definition) is 0. The summed E-state index contributed by atoms with van der Waals surface area (Å²) in [5.74, 6) is -0.300. The first-order chi connectivity index (χ1) is 17.4. The number of pyridine rings is 1. The lowest BCUT2D eigenvalue weighted by atomic mass is 9.65. The number of rotatable bonds is 4. The molecule has 0 amide bonds. The van der Waals surface area contributed by atoms with Gasteiger partial charge < -0.3 is 0 Å². The third kappa shape index (κ3) is 3.68. The number of nitrogens with zero attached hydrogens (tertiary/aromatic N) is 4. The molecule has 0 saturated carbocycles. The highest BCUT2D eigenvalue weighted by Gasteiger charge is 2.47. The number of sulfonamides is 1. The van der Waals surface area contributed by atoms with E-state index in [4.69, 9.17) is 0 Å². The van der Waals surface area contributed by atoms with Gasteiger partial charge in [0.05, 0.1) is 28.7 Å². The van der Waals surface area contributed by atoms with Crippen molar-refractivity contribution in [3.63, 3.8) is 0 Å². The van der Waals surface area contributed by atoms with Crippen LogP contribution in [0.4, 0.5) is 4.39 Å². The van der Waals surface area contributed by atoms with Gasteiger partial charge in [0.2, 0.25) is 10.0 Å². The zero-order valence-corrected chi connectivity index (χ0v) is 20.5. The van der Waals surface area contributed by atoms with Crippen LogP contribution in [-0.4, -0.2) is 40.6 Å².